The molecule has 1 unspecified atom stereocenters. The van der Waals surface area contributed by atoms with Crippen molar-refractivity contribution in [1.29, 1.82) is 0 Å². The van der Waals surface area contributed by atoms with E-state index in [0.29, 0.717) is 13.0 Å². The molecule has 8 nitrogen and oxygen atoms in total. The van der Waals surface area contributed by atoms with Crippen molar-refractivity contribution in [3.05, 3.63) is 33.9 Å². The highest BCUT2D eigenvalue weighted by atomic mass is 16.6. The van der Waals surface area contributed by atoms with Crippen molar-refractivity contribution in [1.82, 2.24) is 9.80 Å². The van der Waals surface area contributed by atoms with Gasteiger partial charge < -0.3 is 15.5 Å². The standard InChI is InChI=1S/C14H18N4O4/c1-16(2)14(20)11-4-3-7-17(11)13(19)9-5-6-10(15)12(8-9)18(21)22/h5-6,8,11H,3-4,7,15H2,1-2H3. The van der Waals surface area contributed by atoms with Crippen LogP contribution in [0.15, 0.2) is 18.2 Å². The van der Waals surface area contributed by atoms with Crippen molar-refractivity contribution in [2.45, 2.75) is 18.9 Å². The molecule has 1 aromatic carbocycles. The number of nitrogen functional groups attached to an aromatic ring is 1. The first-order chi connectivity index (χ1) is 10.3. The van der Waals surface area contributed by atoms with Gasteiger partial charge in [-0.25, -0.2) is 0 Å². The average molecular weight is 306 g/mol. The van der Waals surface area contributed by atoms with Crippen LogP contribution in [0.1, 0.15) is 23.2 Å². The predicted octanol–water partition coefficient (Wildman–Crippen LogP) is 0.870. The molecule has 0 bridgehead atoms. The number of hydrogen-bond donors (Lipinski definition) is 1. The number of nitro groups is 1. The molecule has 1 aliphatic heterocycles. The van der Waals surface area contributed by atoms with Crippen molar-refractivity contribution in [2.75, 3.05) is 26.4 Å². The molecule has 1 aromatic rings. The molecule has 118 valence electrons. The Morgan fingerprint density at radius 2 is 2.09 bits per heavy atom. The van der Waals surface area contributed by atoms with Crippen LogP contribution in [-0.2, 0) is 4.79 Å². The van der Waals surface area contributed by atoms with Crippen molar-refractivity contribution in [2.24, 2.45) is 0 Å². The zero-order valence-electron chi connectivity index (χ0n) is 12.5. The molecular weight excluding hydrogens is 288 g/mol. The third kappa shape index (κ3) is 2.85. The molecule has 1 saturated heterocycles. The van der Waals surface area contributed by atoms with Gasteiger partial charge in [0.2, 0.25) is 5.91 Å². The van der Waals surface area contributed by atoms with Gasteiger partial charge in [-0.2, -0.15) is 0 Å². The van der Waals surface area contributed by atoms with Crippen LogP contribution in [0.5, 0.6) is 0 Å². The highest BCUT2D eigenvalue weighted by molar-refractivity contribution is 5.98. The van der Waals surface area contributed by atoms with Gasteiger partial charge in [0.05, 0.1) is 4.92 Å². The number of rotatable bonds is 3. The topological polar surface area (TPSA) is 110 Å². The van der Waals surface area contributed by atoms with E-state index < -0.39 is 11.0 Å². The van der Waals surface area contributed by atoms with Crippen LogP contribution in [0, 0.1) is 10.1 Å². The molecule has 22 heavy (non-hydrogen) atoms. The summed E-state index contributed by atoms with van der Waals surface area (Å²) >= 11 is 0. The normalized spacial score (nSPS) is 17.4. The number of amides is 2. The summed E-state index contributed by atoms with van der Waals surface area (Å²) < 4.78 is 0. The van der Waals surface area contributed by atoms with E-state index >= 15 is 0 Å². The second-order valence-corrected chi connectivity index (χ2v) is 5.42. The van der Waals surface area contributed by atoms with Gasteiger partial charge in [0, 0.05) is 32.3 Å². The van der Waals surface area contributed by atoms with E-state index in [1.165, 1.54) is 21.9 Å². The molecule has 1 fully saturated rings. The quantitative estimate of drug-likeness (QED) is 0.506. The van der Waals surface area contributed by atoms with E-state index in [0.717, 1.165) is 12.5 Å². The third-order valence-electron chi connectivity index (χ3n) is 3.71. The van der Waals surface area contributed by atoms with E-state index in [-0.39, 0.29) is 28.8 Å². The van der Waals surface area contributed by atoms with Gasteiger partial charge in [-0.3, -0.25) is 19.7 Å². The van der Waals surface area contributed by atoms with E-state index in [4.69, 9.17) is 5.73 Å². The van der Waals surface area contributed by atoms with Gasteiger partial charge in [-0.15, -0.1) is 0 Å². The molecule has 2 amide bonds. The third-order valence-corrected chi connectivity index (χ3v) is 3.71. The number of nitrogens with zero attached hydrogens (tertiary/aromatic N) is 3. The summed E-state index contributed by atoms with van der Waals surface area (Å²) in [6, 6.07) is 3.43. The number of likely N-dealkylation sites (N-methyl/N-ethyl adjacent to an activating group) is 1. The molecule has 0 spiro atoms. The van der Waals surface area contributed by atoms with Crippen molar-refractivity contribution < 1.29 is 14.5 Å². The maximum Gasteiger partial charge on any atom is 0.292 e. The Morgan fingerprint density at radius 3 is 2.68 bits per heavy atom. The molecule has 0 aliphatic carbocycles. The monoisotopic (exact) mass is 306 g/mol. The first-order valence-corrected chi connectivity index (χ1v) is 6.89. The number of likely N-dealkylation sites (tertiary alicyclic amines) is 1. The minimum absolute atomic E-state index is 0.00360. The molecule has 0 aromatic heterocycles. The predicted molar refractivity (Wildman–Crippen MR) is 80.3 cm³/mol. The minimum Gasteiger partial charge on any atom is -0.393 e. The van der Waals surface area contributed by atoms with Crippen LogP contribution in [0.3, 0.4) is 0 Å². The van der Waals surface area contributed by atoms with Crippen LogP contribution in [0.25, 0.3) is 0 Å². The summed E-state index contributed by atoms with van der Waals surface area (Å²) in [6.45, 7) is 0.460. The van der Waals surface area contributed by atoms with Crippen molar-refractivity contribution in [3.63, 3.8) is 0 Å². The fraction of sp³-hybridized carbons (Fsp3) is 0.429. The number of benzene rings is 1. The lowest BCUT2D eigenvalue weighted by Crippen LogP contribution is -2.45. The number of anilines is 1. The first-order valence-electron chi connectivity index (χ1n) is 6.89. The Hall–Kier alpha value is -2.64. The summed E-state index contributed by atoms with van der Waals surface area (Å²) in [5, 5.41) is 10.9. The zero-order chi connectivity index (χ0) is 16.4. The molecule has 8 heteroatoms. The highest BCUT2D eigenvalue weighted by Crippen LogP contribution is 2.26. The maximum atomic E-state index is 12.6. The SMILES string of the molecule is CN(C)C(=O)C1CCCN1C(=O)c1ccc(N)c([N+](=O)[O-])c1. The minimum atomic E-state index is -0.626. The summed E-state index contributed by atoms with van der Waals surface area (Å²) in [5.74, 6) is -0.531. The summed E-state index contributed by atoms with van der Waals surface area (Å²) in [4.78, 5) is 37.9. The number of nitro benzene ring substituents is 1. The number of nitrogens with two attached hydrogens (primary N) is 1. The molecule has 2 N–H and O–H groups in total. The zero-order valence-corrected chi connectivity index (χ0v) is 12.5. The van der Waals surface area contributed by atoms with Gasteiger partial charge in [0.15, 0.2) is 0 Å². The summed E-state index contributed by atoms with van der Waals surface area (Å²) in [7, 11) is 3.27. The lowest BCUT2D eigenvalue weighted by atomic mass is 10.1. The Balaban J connectivity index is 2.29. The molecule has 2 rings (SSSR count). The number of hydrogen-bond acceptors (Lipinski definition) is 5. The molecule has 0 radical (unpaired) electrons. The smallest absolute Gasteiger partial charge is 0.292 e. The van der Waals surface area contributed by atoms with E-state index in [1.54, 1.807) is 14.1 Å². The van der Waals surface area contributed by atoms with Crippen LogP contribution >= 0.6 is 0 Å². The van der Waals surface area contributed by atoms with Crippen LogP contribution in [-0.4, -0.2) is 53.2 Å². The Bertz CT molecular complexity index is 629. The van der Waals surface area contributed by atoms with Crippen molar-refractivity contribution in [3.8, 4) is 0 Å². The summed E-state index contributed by atoms with van der Waals surface area (Å²) in [6.07, 6.45) is 1.33. The second-order valence-electron chi connectivity index (χ2n) is 5.42. The van der Waals surface area contributed by atoms with Crippen molar-refractivity contribution >= 4 is 23.2 Å². The average Bonchev–Trinajstić information content (AvgIpc) is 2.94. The second kappa shape index (κ2) is 6.00. The molecule has 1 heterocycles. The highest BCUT2D eigenvalue weighted by Gasteiger charge is 2.35. The first kappa shape index (κ1) is 15.7. The van der Waals surface area contributed by atoms with Crippen LogP contribution < -0.4 is 5.73 Å². The lowest BCUT2D eigenvalue weighted by Gasteiger charge is -2.26. The van der Waals surface area contributed by atoms with E-state index in [9.17, 15) is 19.7 Å². The lowest BCUT2D eigenvalue weighted by molar-refractivity contribution is -0.383. The van der Waals surface area contributed by atoms with Gasteiger partial charge in [-0.1, -0.05) is 0 Å². The van der Waals surface area contributed by atoms with Gasteiger partial charge in [-0.05, 0) is 25.0 Å². The van der Waals surface area contributed by atoms with Gasteiger partial charge in [0.25, 0.3) is 11.6 Å². The largest absolute Gasteiger partial charge is 0.393 e. The van der Waals surface area contributed by atoms with Gasteiger partial charge >= 0.3 is 0 Å². The van der Waals surface area contributed by atoms with E-state index in [2.05, 4.69) is 0 Å². The Labute approximate surface area is 127 Å². The number of carbonyl (C=O) groups is 2. The molecular formula is C14H18N4O4. The fourth-order valence-electron chi connectivity index (χ4n) is 2.57. The molecule has 1 atom stereocenters. The van der Waals surface area contributed by atoms with Crippen LogP contribution in [0.4, 0.5) is 11.4 Å². The Morgan fingerprint density at radius 1 is 1.41 bits per heavy atom. The number of carbonyl (C=O) groups excluding carboxylic acids is 2. The van der Waals surface area contributed by atoms with E-state index in [1.807, 2.05) is 0 Å². The fourth-order valence-corrected chi connectivity index (χ4v) is 2.57. The Kier molecular flexibility index (Phi) is 4.30. The summed E-state index contributed by atoms with van der Waals surface area (Å²) in [5.41, 5.74) is 5.40. The molecule has 0 saturated carbocycles. The van der Waals surface area contributed by atoms with Crippen LogP contribution in [0.2, 0.25) is 0 Å². The molecule has 1 aliphatic rings. The van der Waals surface area contributed by atoms with Gasteiger partial charge in [0.1, 0.15) is 11.7 Å². The maximum absolute atomic E-state index is 12.6.